The maximum absolute atomic E-state index is 6.09. The SMILES string of the molecule is CCCCC(N)CN(C)CCN1CCCC1. The van der Waals surface area contributed by atoms with E-state index in [1.165, 1.54) is 58.3 Å². The summed E-state index contributed by atoms with van der Waals surface area (Å²) in [5, 5.41) is 0. The predicted octanol–water partition coefficient (Wildman–Crippen LogP) is 1.53. The van der Waals surface area contributed by atoms with Crippen molar-refractivity contribution >= 4 is 0 Å². The van der Waals surface area contributed by atoms with Gasteiger partial charge in [0.05, 0.1) is 0 Å². The van der Waals surface area contributed by atoms with Gasteiger partial charge >= 0.3 is 0 Å². The number of hydrogen-bond donors (Lipinski definition) is 1. The molecule has 0 bridgehead atoms. The molecule has 2 N–H and O–H groups in total. The zero-order valence-electron chi connectivity index (χ0n) is 11.1. The molecule has 1 saturated heterocycles. The number of likely N-dealkylation sites (tertiary alicyclic amines) is 1. The number of hydrogen-bond acceptors (Lipinski definition) is 3. The molecule has 3 heteroatoms. The fraction of sp³-hybridized carbons (Fsp3) is 1.00. The lowest BCUT2D eigenvalue weighted by atomic mass is 10.1. The van der Waals surface area contributed by atoms with Crippen LogP contribution in [-0.4, -0.2) is 55.6 Å². The van der Waals surface area contributed by atoms with Crippen LogP contribution < -0.4 is 5.73 Å². The van der Waals surface area contributed by atoms with Gasteiger partial charge in [0.1, 0.15) is 0 Å². The minimum absolute atomic E-state index is 0.364. The predicted molar refractivity (Wildman–Crippen MR) is 70.7 cm³/mol. The molecule has 3 nitrogen and oxygen atoms in total. The average Bonchev–Trinajstić information content (AvgIpc) is 2.76. The molecule has 0 radical (unpaired) electrons. The van der Waals surface area contributed by atoms with E-state index in [2.05, 4.69) is 23.8 Å². The van der Waals surface area contributed by atoms with Crippen molar-refractivity contribution in [2.24, 2.45) is 5.73 Å². The second-order valence-corrected chi connectivity index (χ2v) is 5.21. The summed E-state index contributed by atoms with van der Waals surface area (Å²) < 4.78 is 0. The van der Waals surface area contributed by atoms with Crippen molar-refractivity contribution in [3.8, 4) is 0 Å². The van der Waals surface area contributed by atoms with Crippen molar-refractivity contribution in [1.29, 1.82) is 0 Å². The summed E-state index contributed by atoms with van der Waals surface area (Å²) in [5.74, 6) is 0. The standard InChI is InChI=1S/C13H29N3/c1-3-4-7-13(14)12-15(2)10-11-16-8-5-6-9-16/h13H,3-12,14H2,1-2H3. The first-order valence-corrected chi connectivity index (χ1v) is 6.89. The van der Waals surface area contributed by atoms with Crippen molar-refractivity contribution in [2.45, 2.75) is 45.1 Å². The van der Waals surface area contributed by atoms with Crippen LogP contribution in [0.4, 0.5) is 0 Å². The average molecular weight is 227 g/mol. The molecule has 0 aromatic carbocycles. The maximum Gasteiger partial charge on any atom is 0.0167 e. The van der Waals surface area contributed by atoms with E-state index in [9.17, 15) is 0 Å². The number of likely N-dealkylation sites (N-methyl/N-ethyl adjacent to an activating group) is 1. The van der Waals surface area contributed by atoms with Crippen LogP contribution >= 0.6 is 0 Å². The molecule has 1 rings (SSSR count). The van der Waals surface area contributed by atoms with Gasteiger partial charge in [0, 0.05) is 25.7 Å². The molecule has 1 atom stereocenters. The van der Waals surface area contributed by atoms with Gasteiger partial charge in [0.25, 0.3) is 0 Å². The molecule has 1 fully saturated rings. The van der Waals surface area contributed by atoms with E-state index >= 15 is 0 Å². The van der Waals surface area contributed by atoms with E-state index in [0.717, 1.165) is 6.54 Å². The van der Waals surface area contributed by atoms with Gasteiger partial charge in [-0.25, -0.2) is 0 Å². The third-order valence-electron chi connectivity index (χ3n) is 3.47. The Morgan fingerprint density at radius 3 is 2.62 bits per heavy atom. The lowest BCUT2D eigenvalue weighted by Gasteiger charge is -2.24. The van der Waals surface area contributed by atoms with Crippen LogP contribution in [0, 0.1) is 0 Å². The Hall–Kier alpha value is -0.120. The van der Waals surface area contributed by atoms with Crippen molar-refractivity contribution in [3.05, 3.63) is 0 Å². The van der Waals surface area contributed by atoms with Gasteiger partial charge in [-0.3, -0.25) is 0 Å². The summed E-state index contributed by atoms with van der Waals surface area (Å²) in [6.45, 7) is 8.26. The number of nitrogens with two attached hydrogens (primary N) is 1. The van der Waals surface area contributed by atoms with Crippen molar-refractivity contribution in [3.63, 3.8) is 0 Å². The zero-order chi connectivity index (χ0) is 11.8. The van der Waals surface area contributed by atoms with Gasteiger partial charge in [-0.2, -0.15) is 0 Å². The van der Waals surface area contributed by atoms with E-state index in [1.807, 2.05) is 0 Å². The van der Waals surface area contributed by atoms with Gasteiger partial charge < -0.3 is 15.5 Å². The van der Waals surface area contributed by atoms with Gasteiger partial charge in [0.2, 0.25) is 0 Å². The summed E-state index contributed by atoms with van der Waals surface area (Å²) >= 11 is 0. The number of nitrogens with zero attached hydrogens (tertiary/aromatic N) is 2. The Bertz CT molecular complexity index is 167. The van der Waals surface area contributed by atoms with Crippen molar-refractivity contribution in [1.82, 2.24) is 9.80 Å². The fourth-order valence-electron chi connectivity index (χ4n) is 2.37. The third-order valence-corrected chi connectivity index (χ3v) is 3.47. The van der Waals surface area contributed by atoms with Crippen LogP contribution in [0.3, 0.4) is 0 Å². The van der Waals surface area contributed by atoms with E-state index in [0.29, 0.717) is 6.04 Å². The molecule has 0 saturated carbocycles. The van der Waals surface area contributed by atoms with Crippen LogP contribution in [-0.2, 0) is 0 Å². The lowest BCUT2D eigenvalue weighted by molar-refractivity contribution is 0.244. The first-order chi connectivity index (χ1) is 7.72. The molecule has 1 heterocycles. The molecular weight excluding hydrogens is 198 g/mol. The number of unbranched alkanes of at least 4 members (excludes halogenated alkanes) is 1. The topological polar surface area (TPSA) is 32.5 Å². The van der Waals surface area contributed by atoms with Gasteiger partial charge in [-0.1, -0.05) is 19.8 Å². The first-order valence-electron chi connectivity index (χ1n) is 6.89. The zero-order valence-corrected chi connectivity index (χ0v) is 11.1. The van der Waals surface area contributed by atoms with E-state index in [1.54, 1.807) is 0 Å². The molecule has 16 heavy (non-hydrogen) atoms. The summed E-state index contributed by atoms with van der Waals surface area (Å²) in [5.41, 5.74) is 6.09. The summed E-state index contributed by atoms with van der Waals surface area (Å²) in [4.78, 5) is 4.95. The lowest BCUT2D eigenvalue weighted by Crippen LogP contribution is -2.39. The van der Waals surface area contributed by atoms with Crippen LogP contribution in [0.1, 0.15) is 39.0 Å². The van der Waals surface area contributed by atoms with Gasteiger partial charge in [-0.15, -0.1) is 0 Å². The van der Waals surface area contributed by atoms with Gasteiger partial charge in [0.15, 0.2) is 0 Å². The Balaban J connectivity index is 2.02. The summed E-state index contributed by atoms with van der Waals surface area (Å²) in [7, 11) is 2.20. The molecule has 1 aliphatic heterocycles. The molecular formula is C13H29N3. The largest absolute Gasteiger partial charge is 0.327 e. The Morgan fingerprint density at radius 2 is 2.00 bits per heavy atom. The highest BCUT2D eigenvalue weighted by molar-refractivity contribution is 4.70. The molecule has 96 valence electrons. The number of rotatable bonds is 8. The second-order valence-electron chi connectivity index (χ2n) is 5.21. The van der Waals surface area contributed by atoms with Crippen LogP contribution in [0.15, 0.2) is 0 Å². The van der Waals surface area contributed by atoms with Crippen molar-refractivity contribution in [2.75, 3.05) is 39.8 Å². The molecule has 0 amide bonds. The van der Waals surface area contributed by atoms with Gasteiger partial charge in [-0.05, 0) is 39.4 Å². The monoisotopic (exact) mass is 227 g/mol. The third kappa shape index (κ3) is 5.83. The highest BCUT2D eigenvalue weighted by atomic mass is 15.2. The summed E-state index contributed by atoms with van der Waals surface area (Å²) in [6, 6.07) is 0.364. The molecule has 0 aromatic heterocycles. The molecule has 0 aromatic rings. The van der Waals surface area contributed by atoms with E-state index in [4.69, 9.17) is 5.73 Å². The minimum Gasteiger partial charge on any atom is -0.327 e. The van der Waals surface area contributed by atoms with E-state index in [-0.39, 0.29) is 0 Å². The highest BCUT2D eigenvalue weighted by Gasteiger charge is 2.12. The Kier molecular flexibility index (Phi) is 7.01. The van der Waals surface area contributed by atoms with Crippen LogP contribution in [0.5, 0.6) is 0 Å². The normalized spacial score (nSPS) is 19.5. The Labute approximate surface area is 101 Å². The van der Waals surface area contributed by atoms with Crippen molar-refractivity contribution < 1.29 is 0 Å². The smallest absolute Gasteiger partial charge is 0.0167 e. The molecule has 1 aliphatic rings. The van der Waals surface area contributed by atoms with Crippen LogP contribution in [0.2, 0.25) is 0 Å². The second kappa shape index (κ2) is 8.04. The quantitative estimate of drug-likeness (QED) is 0.682. The van der Waals surface area contributed by atoms with E-state index < -0.39 is 0 Å². The minimum atomic E-state index is 0.364. The maximum atomic E-state index is 6.09. The first kappa shape index (κ1) is 13.9. The Morgan fingerprint density at radius 1 is 1.31 bits per heavy atom. The van der Waals surface area contributed by atoms with Crippen LogP contribution in [0.25, 0.3) is 0 Å². The fourth-order valence-corrected chi connectivity index (χ4v) is 2.37. The molecule has 0 aliphatic carbocycles. The molecule has 0 spiro atoms. The summed E-state index contributed by atoms with van der Waals surface area (Å²) in [6.07, 6.45) is 6.47. The molecule has 1 unspecified atom stereocenters. The highest BCUT2D eigenvalue weighted by Crippen LogP contribution is 2.06.